The van der Waals surface area contributed by atoms with Gasteiger partial charge < -0.3 is 10.1 Å². The number of rotatable bonds is 6. The first-order valence-corrected chi connectivity index (χ1v) is 9.27. The molecule has 0 aromatic heterocycles. The fraction of sp³-hybridized carbons (Fsp3) is 0.235. The summed E-state index contributed by atoms with van der Waals surface area (Å²) in [7, 11) is -2.25. The second-order valence-corrected chi connectivity index (χ2v) is 7.29. The average Bonchev–Trinajstić information content (AvgIpc) is 2.55. The normalized spacial score (nSPS) is 12.3. The van der Waals surface area contributed by atoms with E-state index in [2.05, 4.69) is 5.32 Å². The number of hydrogen-bond donors (Lipinski definition) is 1. The monoisotopic (exact) mass is 366 g/mol. The Balaban J connectivity index is 2.28. The molecule has 6 nitrogen and oxygen atoms in total. The van der Waals surface area contributed by atoms with E-state index in [1.54, 1.807) is 24.3 Å². The Labute approximate surface area is 146 Å². The maximum atomic E-state index is 13.1. The summed E-state index contributed by atoms with van der Waals surface area (Å²) in [5.74, 6) is -0.461. The molecular formula is C17H19FN2O4S. The molecule has 0 saturated heterocycles. The SMILES string of the molecule is COc1cccc(NC(=O)C(C)N(c2ccc(F)cc2)S(C)(=O)=O)c1. The van der Waals surface area contributed by atoms with Crippen molar-refractivity contribution in [3.8, 4) is 5.75 Å². The number of ether oxygens (including phenoxy) is 1. The Hall–Kier alpha value is -2.61. The maximum Gasteiger partial charge on any atom is 0.247 e. The van der Waals surface area contributed by atoms with Crippen molar-refractivity contribution in [1.29, 1.82) is 0 Å². The zero-order chi connectivity index (χ0) is 18.6. The number of nitrogens with one attached hydrogen (secondary N) is 1. The van der Waals surface area contributed by atoms with Crippen molar-refractivity contribution >= 4 is 27.3 Å². The molecule has 8 heteroatoms. The van der Waals surface area contributed by atoms with E-state index in [4.69, 9.17) is 4.74 Å². The summed E-state index contributed by atoms with van der Waals surface area (Å²) >= 11 is 0. The van der Waals surface area contributed by atoms with Gasteiger partial charge in [-0.3, -0.25) is 9.10 Å². The summed E-state index contributed by atoms with van der Waals surface area (Å²) in [5.41, 5.74) is 0.681. The van der Waals surface area contributed by atoms with Gasteiger partial charge >= 0.3 is 0 Å². The van der Waals surface area contributed by atoms with Gasteiger partial charge in [-0.1, -0.05) is 6.07 Å². The number of anilines is 2. The minimum Gasteiger partial charge on any atom is -0.497 e. The molecule has 0 bridgehead atoms. The molecule has 0 aliphatic rings. The number of methoxy groups -OCH3 is 1. The van der Waals surface area contributed by atoms with E-state index in [0.29, 0.717) is 11.4 Å². The van der Waals surface area contributed by atoms with Gasteiger partial charge in [0.05, 0.1) is 19.1 Å². The Morgan fingerprint density at radius 3 is 2.40 bits per heavy atom. The molecule has 1 unspecified atom stereocenters. The van der Waals surface area contributed by atoms with Gasteiger partial charge in [0.1, 0.15) is 17.6 Å². The van der Waals surface area contributed by atoms with Crippen molar-refractivity contribution in [2.75, 3.05) is 23.0 Å². The van der Waals surface area contributed by atoms with Crippen LogP contribution in [-0.4, -0.2) is 33.7 Å². The maximum absolute atomic E-state index is 13.1. The van der Waals surface area contributed by atoms with Gasteiger partial charge in [-0.15, -0.1) is 0 Å². The number of hydrogen-bond acceptors (Lipinski definition) is 4. The highest BCUT2D eigenvalue weighted by molar-refractivity contribution is 7.92. The lowest BCUT2D eigenvalue weighted by Crippen LogP contribution is -2.45. The lowest BCUT2D eigenvalue weighted by atomic mass is 10.2. The van der Waals surface area contributed by atoms with Gasteiger partial charge in [0, 0.05) is 11.8 Å². The number of benzene rings is 2. The van der Waals surface area contributed by atoms with Crippen molar-refractivity contribution in [2.24, 2.45) is 0 Å². The predicted octanol–water partition coefficient (Wildman–Crippen LogP) is 2.63. The summed E-state index contributed by atoms with van der Waals surface area (Å²) in [6.45, 7) is 1.46. The predicted molar refractivity (Wildman–Crippen MR) is 94.8 cm³/mol. The molecule has 0 aliphatic carbocycles. The Morgan fingerprint density at radius 1 is 1.20 bits per heavy atom. The van der Waals surface area contributed by atoms with Crippen LogP contribution in [0.1, 0.15) is 6.92 Å². The first-order chi connectivity index (χ1) is 11.7. The standard InChI is InChI=1S/C17H19FN2O4S/c1-12(17(21)19-14-5-4-6-16(11-14)24-2)20(25(3,22)23)15-9-7-13(18)8-10-15/h4-12H,1-3H3,(H,19,21). The van der Waals surface area contributed by atoms with Crippen molar-refractivity contribution in [1.82, 2.24) is 0 Å². The minimum atomic E-state index is -3.75. The first-order valence-electron chi connectivity index (χ1n) is 7.42. The third kappa shape index (κ3) is 4.69. The van der Waals surface area contributed by atoms with E-state index < -0.39 is 27.8 Å². The summed E-state index contributed by atoms with van der Waals surface area (Å²) < 4.78 is 43.4. The topological polar surface area (TPSA) is 75.7 Å². The van der Waals surface area contributed by atoms with Gasteiger partial charge in [-0.05, 0) is 43.3 Å². The van der Waals surface area contributed by atoms with Gasteiger partial charge in [0.25, 0.3) is 0 Å². The molecule has 0 saturated carbocycles. The van der Waals surface area contributed by atoms with E-state index in [-0.39, 0.29) is 5.69 Å². The van der Waals surface area contributed by atoms with Gasteiger partial charge in [0.15, 0.2) is 0 Å². The number of sulfonamides is 1. The lowest BCUT2D eigenvalue weighted by molar-refractivity contribution is -0.116. The van der Waals surface area contributed by atoms with Crippen molar-refractivity contribution < 1.29 is 22.3 Å². The van der Waals surface area contributed by atoms with Crippen LogP contribution in [0, 0.1) is 5.82 Å². The van der Waals surface area contributed by atoms with Crippen LogP contribution < -0.4 is 14.4 Å². The molecule has 0 spiro atoms. The van der Waals surface area contributed by atoms with E-state index in [9.17, 15) is 17.6 Å². The molecule has 0 radical (unpaired) electrons. The Morgan fingerprint density at radius 2 is 1.84 bits per heavy atom. The zero-order valence-electron chi connectivity index (χ0n) is 14.1. The highest BCUT2D eigenvalue weighted by Gasteiger charge is 2.29. The molecule has 2 aromatic rings. The first kappa shape index (κ1) is 18.7. The van der Waals surface area contributed by atoms with Crippen molar-refractivity contribution in [3.63, 3.8) is 0 Å². The number of nitrogens with zero attached hydrogens (tertiary/aromatic N) is 1. The Bertz CT molecular complexity index is 853. The summed E-state index contributed by atoms with van der Waals surface area (Å²) in [6, 6.07) is 10.6. The van der Waals surface area contributed by atoms with Gasteiger partial charge in [-0.25, -0.2) is 12.8 Å². The Kier molecular flexibility index (Phi) is 5.63. The largest absolute Gasteiger partial charge is 0.497 e. The fourth-order valence-electron chi connectivity index (χ4n) is 2.34. The summed E-state index contributed by atoms with van der Waals surface area (Å²) in [4.78, 5) is 12.5. The smallest absolute Gasteiger partial charge is 0.247 e. The molecule has 1 amide bonds. The molecule has 0 heterocycles. The van der Waals surface area contributed by atoms with Crippen LogP contribution >= 0.6 is 0 Å². The molecule has 134 valence electrons. The fourth-order valence-corrected chi connectivity index (χ4v) is 3.52. The van der Waals surface area contributed by atoms with E-state index in [0.717, 1.165) is 22.7 Å². The molecule has 1 N–H and O–H groups in total. The molecule has 2 rings (SSSR count). The van der Waals surface area contributed by atoms with Crippen LogP contribution in [0.5, 0.6) is 5.75 Å². The third-order valence-electron chi connectivity index (χ3n) is 3.51. The van der Waals surface area contributed by atoms with Crippen LogP contribution in [0.4, 0.5) is 15.8 Å². The molecule has 0 aliphatic heterocycles. The number of amides is 1. The van der Waals surface area contributed by atoms with Crippen LogP contribution in [0.25, 0.3) is 0 Å². The minimum absolute atomic E-state index is 0.206. The number of halogens is 1. The molecule has 2 aromatic carbocycles. The van der Waals surface area contributed by atoms with Crippen molar-refractivity contribution in [3.05, 3.63) is 54.3 Å². The highest BCUT2D eigenvalue weighted by atomic mass is 32.2. The van der Waals surface area contributed by atoms with E-state index >= 15 is 0 Å². The number of carbonyl (C=O) groups excluding carboxylic acids is 1. The molecular weight excluding hydrogens is 347 g/mol. The summed E-state index contributed by atoms with van der Waals surface area (Å²) in [5, 5.41) is 2.65. The van der Waals surface area contributed by atoms with Crippen LogP contribution in [0.3, 0.4) is 0 Å². The highest BCUT2D eigenvalue weighted by Crippen LogP contribution is 2.23. The van der Waals surface area contributed by atoms with Gasteiger partial charge in [0.2, 0.25) is 15.9 Å². The van der Waals surface area contributed by atoms with Crippen LogP contribution in [0.2, 0.25) is 0 Å². The van der Waals surface area contributed by atoms with Crippen LogP contribution in [0.15, 0.2) is 48.5 Å². The third-order valence-corrected chi connectivity index (χ3v) is 4.75. The number of carbonyl (C=O) groups is 1. The second-order valence-electron chi connectivity index (χ2n) is 5.43. The zero-order valence-corrected chi connectivity index (χ0v) is 14.9. The van der Waals surface area contributed by atoms with Crippen LogP contribution in [-0.2, 0) is 14.8 Å². The second kappa shape index (κ2) is 7.52. The summed E-state index contributed by atoms with van der Waals surface area (Å²) in [6.07, 6.45) is 0.992. The molecule has 0 fully saturated rings. The average molecular weight is 366 g/mol. The quantitative estimate of drug-likeness (QED) is 0.853. The molecule has 1 atom stereocenters. The van der Waals surface area contributed by atoms with Gasteiger partial charge in [-0.2, -0.15) is 0 Å². The van der Waals surface area contributed by atoms with E-state index in [1.165, 1.54) is 26.2 Å². The lowest BCUT2D eigenvalue weighted by Gasteiger charge is -2.28. The van der Waals surface area contributed by atoms with Crippen molar-refractivity contribution in [2.45, 2.75) is 13.0 Å². The molecule has 25 heavy (non-hydrogen) atoms. The van der Waals surface area contributed by atoms with E-state index in [1.807, 2.05) is 0 Å².